The minimum absolute atomic E-state index is 0.355. The van der Waals surface area contributed by atoms with Gasteiger partial charge in [0.2, 0.25) is 0 Å². The van der Waals surface area contributed by atoms with Crippen LogP contribution < -0.4 is 10.6 Å². The maximum atomic E-state index is 11.4. The van der Waals surface area contributed by atoms with Gasteiger partial charge in [-0.05, 0) is 25.2 Å². The Labute approximate surface area is 107 Å². The lowest BCUT2D eigenvalue weighted by atomic mass is 10.1. The number of nitrogens with two attached hydrogens (primary N) is 1. The van der Waals surface area contributed by atoms with Crippen molar-refractivity contribution in [1.82, 2.24) is 4.90 Å². The number of ether oxygens (including phenoxy) is 1. The molecule has 0 radical (unpaired) electrons. The smallest absolute Gasteiger partial charge is 0.337 e. The maximum Gasteiger partial charge on any atom is 0.337 e. The number of esters is 1. The first-order valence-corrected chi connectivity index (χ1v) is 6.03. The van der Waals surface area contributed by atoms with Crippen LogP contribution in [0, 0.1) is 0 Å². The molecule has 0 spiro atoms. The molecule has 0 aromatic heterocycles. The van der Waals surface area contributed by atoms with E-state index < -0.39 is 0 Å². The van der Waals surface area contributed by atoms with Crippen LogP contribution in [0.4, 0.5) is 11.4 Å². The third-order valence-electron chi connectivity index (χ3n) is 3.29. The summed E-state index contributed by atoms with van der Waals surface area (Å²) in [4.78, 5) is 15.9. The molecule has 1 aliphatic heterocycles. The number of anilines is 2. The predicted molar refractivity (Wildman–Crippen MR) is 71.9 cm³/mol. The number of carbonyl (C=O) groups is 1. The van der Waals surface area contributed by atoms with E-state index in [1.54, 1.807) is 12.1 Å². The number of benzene rings is 1. The van der Waals surface area contributed by atoms with E-state index in [2.05, 4.69) is 21.6 Å². The fourth-order valence-electron chi connectivity index (χ4n) is 2.13. The molecule has 2 rings (SSSR count). The quantitative estimate of drug-likeness (QED) is 0.621. The van der Waals surface area contributed by atoms with Crippen LogP contribution in [-0.2, 0) is 4.74 Å². The van der Waals surface area contributed by atoms with Crippen LogP contribution in [0.15, 0.2) is 18.2 Å². The second-order valence-electron chi connectivity index (χ2n) is 4.56. The van der Waals surface area contributed by atoms with E-state index in [1.165, 1.54) is 7.11 Å². The number of methoxy groups -OCH3 is 1. The van der Waals surface area contributed by atoms with Crippen molar-refractivity contribution < 1.29 is 9.53 Å². The molecule has 18 heavy (non-hydrogen) atoms. The Balaban J connectivity index is 2.17. The third kappa shape index (κ3) is 2.56. The van der Waals surface area contributed by atoms with Crippen LogP contribution in [0.25, 0.3) is 0 Å². The largest absolute Gasteiger partial charge is 0.465 e. The number of hydrogen-bond acceptors (Lipinski definition) is 5. The van der Waals surface area contributed by atoms with Crippen molar-refractivity contribution in [2.45, 2.75) is 0 Å². The number of nitrogens with zero attached hydrogens (tertiary/aromatic N) is 2. The van der Waals surface area contributed by atoms with Crippen molar-refractivity contribution in [3.05, 3.63) is 23.8 Å². The van der Waals surface area contributed by atoms with E-state index in [0.717, 1.165) is 31.9 Å². The number of rotatable bonds is 2. The Morgan fingerprint density at radius 3 is 2.50 bits per heavy atom. The normalized spacial score (nSPS) is 16.7. The molecule has 1 aromatic carbocycles. The fraction of sp³-hybridized carbons (Fsp3) is 0.462. The number of piperazine rings is 1. The first-order valence-electron chi connectivity index (χ1n) is 6.03. The molecular formula is C13H19N3O2. The zero-order valence-corrected chi connectivity index (χ0v) is 10.8. The lowest BCUT2D eigenvalue weighted by molar-refractivity contribution is 0.0601. The fourth-order valence-corrected chi connectivity index (χ4v) is 2.13. The van der Waals surface area contributed by atoms with Gasteiger partial charge in [-0.1, -0.05) is 0 Å². The topological polar surface area (TPSA) is 58.8 Å². The van der Waals surface area contributed by atoms with Crippen molar-refractivity contribution in [1.29, 1.82) is 0 Å². The van der Waals surface area contributed by atoms with Crippen molar-refractivity contribution in [3.63, 3.8) is 0 Å². The van der Waals surface area contributed by atoms with Crippen molar-refractivity contribution >= 4 is 17.3 Å². The summed E-state index contributed by atoms with van der Waals surface area (Å²) >= 11 is 0. The van der Waals surface area contributed by atoms with Gasteiger partial charge < -0.3 is 20.3 Å². The predicted octanol–water partition coefficient (Wildman–Crippen LogP) is 0.807. The summed E-state index contributed by atoms with van der Waals surface area (Å²) in [7, 11) is 3.48. The molecule has 5 heteroatoms. The summed E-state index contributed by atoms with van der Waals surface area (Å²) in [6, 6.07) is 5.34. The highest BCUT2D eigenvalue weighted by Crippen LogP contribution is 2.25. The number of carbonyl (C=O) groups excluding carboxylic acids is 1. The molecule has 1 fully saturated rings. The first-order chi connectivity index (χ1) is 8.61. The van der Waals surface area contributed by atoms with Gasteiger partial charge in [-0.15, -0.1) is 0 Å². The van der Waals surface area contributed by atoms with E-state index in [9.17, 15) is 4.79 Å². The summed E-state index contributed by atoms with van der Waals surface area (Å²) in [6.45, 7) is 3.97. The average molecular weight is 249 g/mol. The molecule has 1 aliphatic rings. The van der Waals surface area contributed by atoms with Gasteiger partial charge in [-0.3, -0.25) is 0 Å². The molecule has 0 bridgehead atoms. The molecule has 0 atom stereocenters. The van der Waals surface area contributed by atoms with Crippen LogP contribution in [-0.4, -0.2) is 51.2 Å². The van der Waals surface area contributed by atoms with Gasteiger partial charge in [0.25, 0.3) is 0 Å². The summed E-state index contributed by atoms with van der Waals surface area (Å²) in [5.41, 5.74) is 8.13. The molecule has 1 aromatic rings. The first kappa shape index (κ1) is 12.7. The Bertz CT molecular complexity index is 440. The Kier molecular flexibility index (Phi) is 3.72. The van der Waals surface area contributed by atoms with Gasteiger partial charge in [0.1, 0.15) is 0 Å². The molecule has 0 amide bonds. The zero-order chi connectivity index (χ0) is 13.1. The Morgan fingerprint density at radius 2 is 1.94 bits per heavy atom. The van der Waals surface area contributed by atoms with E-state index >= 15 is 0 Å². The molecule has 2 N–H and O–H groups in total. The van der Waals surface area contributed by atoms with Crippen LogP contribution in [0.1, 0.15) is 10.4 Å². The average Bonchev–Trinajstić information content (AvgIpc) is 2.39. The standard InChI is InChI=1S/C13H19N3O2/c1-15-5-7-16(8-6-15)12-4-3-10(9-11(12)14)13(17)18-2/h3-4,9H,5-8,14H2,1-2H3. The van der Waals surface area contributed by atoms with Gasteiger partial charge in [0, 0.05) is 26.2 Å². The van der Waals surface area contributed by atoms with Gasteiger partial charge in [0.15, 0.2) is 0 Å². The summed E-state index contributed by atoms with van der Waals surface area (Å²) in [6.07, 6.45) is 0. The molecule has 0 aliphatic carbocycles. The highest BCUT2D eigenvalue weighted by Gasteiger charge is 2.17. The number of likely N-dealkylation sites (N-methyl/N-ethyl adjacent to an activating group) is 1. The minimum atomic E-state index is -0.355. The van der Waals surface area contributed by atoms with Gasteiger partial charge in [-0.2, -0.15) is 0 Å². The van der Waals surface area contributed by atoms with Crippen LogP contribution in [0.2, 0.25) is 0 Å². The van der Waals surface area contributed by atoms with Crippen molar-refractivity contribution in [2.24, 2.45) is 0 Å². The Morgan fingerprint density at radius 1 is 1.28 bits per heavy atom. The van der Waals surface area contributed by atoms with Gasteiger partial charge in [-0.25, -0.2) is 4.79 Å². The number of nitrogen functional groups attached to an aromatic ring is 1. The number of hydrogen-bond donors (Lipinski definition) is 1. The summed E-state index contributed by atoms with van der Waals surface area (Å²) in [5, 5.41) is 0. The molecule has 1 saturated heterocycles. The highest BCUT2D eigenvalue weighted by atomic mass is 16.5. The van der Waals surface area contributed by atoms with E-state index in [4.69, 9.17) is 5.73 Å². The summed E-state index contributed by atoms with van der Waals surface area (Å²) < 4.78 is 4.68. The van der Waals surface area contributed by atoms with Gasteiger partial charge >= 0.3 is 5.97 Å². The zero-order valence-electron chi connectivity index (χ0n) is 10.8. The molecule has 1 heterocycles. The highest BCUT2D eigenvalue weighted by molar-refractivity contribution is 5.91. The van der Waals surface area contributed by atoms with Gasteiger partial charge in [0.05, 0.1) is 24.0 Å². The molecule has 5 nitrogen and oxygen atoms in total. The second kappa shape index (κ2) is 5.27. The second-order valence-corrected chi connectivity index (χ2v) is 4.56. The lowest BCUT2D eigenvalue weighted by Crippen LogP contribution is -2.44. The van der Waals surface area contributed by atoms with Crippen LogP contribution in [0.5, 0.6) is 0 Å². The molecule has 98 valence electrons. The van der Waals surface area contributed by atoms with Crippen molar-refractivity contribution in [2.75, 3.05) is 51.0 Å². The van der Waals surface area contributed by atoms with Crippen molar-refractivity contribution in [3.8, 4) is 0 Å². The molecule has 0 unspecified atom stereocenters. The molecule has 0 saturated carbocycles. The van der Waals surface area contributed by atoms with E-state index in [1.807, 2.05) is 6.07 Å². The Hall–Kier alpha value is -1.75. The maximum absolute atomic E-state index is 11.4. The monoisotopic (exact) mass is 249 g/mol. The van der Waals surface area contributed by atoms with E-state index in [-0.39, 0.29) is 5.97 Å². The third-order valence-corrected chi connectivity index (χ3v) is 3.29. The van der Waals surface area contributed by atoms with E-state index in [0.29, 0.717) is 11.3 Å². The lowest BCUT2D eigenvalue weighted by Gasteiger charge is -2.34. The minimum Gasteiger partial charge on any atom is -0.465 e. The SMILES string of the molecule is COC(=O)c1ccc(N2CCN(C)CC2)c(N)c1. The molecular weight excluding hydrogens is 230 g/mol. The summed E-state index contributed by atoms with van der Waals surface area (Å²) in [5.74, 6) is -0.355. The van der Waals surface area contributed by atoms with Crippen LogP contribution >= 0.6 is 0 Å². The van der Waals surface area contributed by atoms with Crippen LogP contribution in [0.3, 0.4) is 0 Å².